The van der Waals surface area contributed by atoms with Crippen molar-refractivity contribution in [2.24, 2.45) is 0 Å². The van der Waals surface area contributed by atoms with Crippen LogP contribution >= 0.6 is 0 Å². The number of hydrogen-bond acceptors (Lipinski definition) is 3. The minimum absolute atomic E-state index is 0. The van der Waals surface area contributed by atoms with Gasteiger partial charge in [0.15, 0.2) is 5.54 Å². The zero-order valence-corrected chi connectivity index (χ0v) is 28.7. The standard InChI is InChI=1S/C30H64N2O3Si.2ClH/c1-7-8-9-10-11-12-13-14-15-16-17-18-19-20-21-22-24-32(5,6)25-23-26-36-33-27-30(28-34-36,29-35-36)31(2,3)4;;/h7-29H2,1-6H3;2*1H/q+2;;/p-2. The van der Waals surface area contributed by atoms with E-state index in [-0.39, 0.29) is 30.4 Å². The number of unbranched alkanes of at least 4 members (excludes halogenated alkanes) is 15. The van der Waals surface area contributed by atoms with Gasteiger partial charge in [0.25, 0.3) is 0 Å². The zero-order valence-electron chi connectivity index (χ0n) is 26.1. The second kappa shape index (κ2) is 19.7. The Morgan fingerprint density at radius 3 is 1.24 bits per heavy atom. The molecular weight excluding hydrogens is 535 g/mol. The fourth-order valence-electron chi connectivity index (χ4n) is 5.70. The maximum absolute atomic E-state index is 6.27. The van der Waals surface area contributed by atoms with E-state index in [1.807, 2.05) is 0 Å². The third-order valence-electron chi connectivity index (χ3n) is 8.97. The molecule has 0 amide bonds. The highest BCUT2D eigenvalue weighted by molar-refractivity contribution is 6.61. The van der Waals surface area contributed by atoms with Gasteiger partial charge in [-0.3, -0.25) is 0 Å². The van der Waals surface area contributed by atoms with Crippen LogP contribution in [0.1, 0.15) is 116 Å². The quantitative estimate of drug-likeness (QED) is 0.106. The molecule has 0 spiro atoms. The summed E-state index contributed by atoms with van der Waals surface area (Å²) in [5, 5.41) is 0. The number of fused-ring (bicyclic) bond motifs is 3. The minimum Gasteiger partial charge on any atom is -1.00 e. The Kier molecular flexibility index (Phi) is 20.0. The van der Waals surface area contributed by atoms with Crippen LogP contribution in [0.3, 0.4) is 0 Å². The summed E-state index contributed by atoms with van der Waals surface area (Å²) < 4.78 is 20.8. The number of likely N-dealkylation sites (N-methyl/N-ethyl adjacent to an activating group) is 1. The topological polar surface area (TPSA) is 27.7 Å². The fourth-order valence-corrected chi connectivity index (χ4v) is 8.44. The minimum atomic E-state index is -2.41. The Labute approximate surface area is 251 Å². The van der Waals surface area contributed by atoms with E-state index in [1.54, 1.807) is 0 Å². The molecule has 3 saturated heterocycles. The summed E-state index contributed by atoms with van der Waals surface area (Å²) in [4.78, 5) is 0. The van der Waals surface area contributed by atoms with Crippen LogP contribution < -0.4 is 24.8 Å². The Morgan fingerprint density at radius 1 is 0.526 bits per heavy atom. The van der Waals surface area contributed by atoms with Gasteiger partial charge < -0.3 is 47.1 Å². The van der Waals surface area contributed by atoms with E-state index in [0.717, 1.165) is 41.3 Å². The molecule has 0 aromatic carbocycles. The molecule has 0 aromatic heterocycles. The normalized spacial score (nSPS) is 23.2. The first-order valence-corrected chi connectivity index (χ1v) is 17.6. The lowest BCUT2D eigenvalue weighted by Gasteiger charge is -2.55. The first kappa shape index (κ1) is 38.6. The molecule has 2 bridgehead atoms. The summed E-state index contributed by atoms with van der Waals surface area (Å²) in [6.45, 7) is 7.14. The van der Waals surface area contributed by atoms with Crippen molar-refractivity contribution in [3.63, 3.8) is 0 Å². The van der Waals surface area contributed by atoms with Gasteiger partial charge in [-0.15, -0.1) is 0 Å². The Morgan fingerprint density at radius 2 is 0.868 bits per heavy atom. The van der Waals surface area contributed by atoms with Gasteiger partial charge >= 0.3 is 8.80 Å². The van der Waals surface area contributed by atoms with Crippen molar-refractivity contribution in [2.75, 3.05) is 68.1 Å². The van der Waals surface area contributed by atoms with E-state index in [1.165, 1.54) is 116 Å². The van der Waals surface area contributed by atoms with Gasteiger partial charge in [-0.25, -0.2) is 0 Å². The Balaban J connectivity index is 0.00000684. The van der Waals surface area contributed by atoms with Gasteiger partial charge in [0.2, 0.25) is 0 Å². The molecule has 0 unspecified atom stereocenters. The molecule has 3 heterocycles. The van der Waals surface area contributed by atoms with E-state index < -0.39 is 8.80 Å². The number of rotatable bonds is 22. The molecule has 8 heteroatoms. The summed E-state index contributed by atoms with van der Waals surface area (Å²) in [5.74, 6) is 0. The molecule has 230 valence electrons. The monoisotopic (exact) mass is 598 g/mol. The fraction of sp³-hybridized carbons (Fsp3) is 1.00. The van der Waals surface area contributed by atoms with Crippen molar-refractivity contribution in [3.05, 3.63) is 0 Å². The van der Waals surface area contributed by atoms with Crippen LogP contribution in [-0.2, 0) is 13.3 Å². The maximum atomic E-state index is 6.27. The van der Waals surface area contributed by atoms with Gasteiger partial charge in [0.05, 0.1) is 68.1 Å². The van der Waals surface area contributed by atoms with Gasteiger partial charge in [-0.05, 0) is 12.8 Å². The molecule has 38 heavy (non-hydrogen) atoms. The average Bonchev–Trinajstić information content (AvgIpc) is 2.84. The van der Waals surface area contributed by atoms with Crippen LogP contribution in [0.15, 0.2) is 0 Å². The molecule has 3 aliphatic rings. The van der Waals surface area contributed by atoms with Crippen LogP contribution in [0.2, 0.25) is 6.04 Å². The molecule has 0 saturated carbocycles. The smallest absolute Gasteiger partial charge is 0.501 e. The highest BCUT2D eigenvalue weighted by Gasteiger charge is 2.61. The van der Waals surface area contributed by atoms with Crippen molar-refractivity contribution in [2.45, 2.75) is 128 Å². The van der Waals surface area contributed by atoms with Crippen LogP contribution in [0, 0.1) is 0 Å². The first-order chi connectivity index (χ1) is 17.1. The van der Waals surface area contributed by atoms with Gasteiger partial charge in [0.1, 0.15) is 0 Å². The van der Waals surface area contributed by atoms with E-state index in [9.17, 15) is 0 Å². The predicted octanol–water partition coefficient (Wildman–Crippen LogP) is 1.18. The maximum Gasteiger partial charge on any atom is 0.501 e. The molecule has 0 N–H and O–H groups in total. The third-order valence-corrected chi connectivity index (χ3v) is 11.7. The van der Waals surface area contributed by atoms with Gasteiger partial charge in [0, 0.05) is 12.5 Å². The first-order valence-electron chi connectivity index (χ1n) is 15.7. The molecule has 0 aliphatic carbocycles. The Bertz CT molecular complexity index is 566. The SMILES string of the molecule is CCCCCCCCCCCCCCCCCC[N+](C)(C)CCC[Si]12OCC([N+](C)(C)C)(CO1)CO2.[Cl-].[Cl-]. The molecule has 3 aliphatic heterocycles. The second-order valence-corrected chi connectivity index (χ2v) is 16.3. The van der Waals surface area contributed by atoms with Crippen LogP contribution in [0.4, 0.5) is 0 Å². The lowest BCUT2D eigenvalue weighted by atomic mass is 9.99. The predicted molar refractivity (Wildman–Crippen MR) is 155 cm³/mol. The summed E-state index contributed by atoms with van der Waals surface area (Å²) in [5.41, 5.74) is -0.0304. The van der Waals surface area contributed by atoms with Crippen LogP contribution in [0.5, 0.6) is 0 Å². The van der Waals surface area contributed by atoms with E-state index in [4.69, 9.17) is 13.3 Å². The molecule has 3 rings (SSSR count). The number of hydrogen-bond donors (Lipinski definition) is 0. The Hall–Kier alpha value is 0.597. The highest BCUT2D eigenvalue weighted by atomic mass is 35.5. The lowest BCUT2D eigenvalue weighted by molar-refractivity contribution is -0.928. The molecule has 0 aromatic rings. The second-order valence-electron chi connectivity index (χ2n) is 13.6. The van der Waals surface area contributed by atoms with Crippen molar-refractivity contribution in [1.82, 2.24) is 0 Å². The summed E-state index contributed by atoms with van der Waals surface area (Å²) >= 11 is 0. The number of quaternary nitrogens is 2. The van der Waals surface area contributed by atoms with E-state index in [2.05, 4.69) is 42.2 Å². The van der Waals surface area contributed by atoms with Crippen molar-refractivity contribution in [1.29, 1.82) is 0 Å². The molecule has 0 atom stereocenters. The van der Waals surface area contributed by atoms with Crippen molar-refractivity contribution < 1.29 is 47.1 Å². The van der Waals surface area contributed by atoms with Crippen LogP contribution in [0.25, 0.3) is 0 Å². The van der Waals surface area contributed by atoms with Crippen LogP contribution in [-0.4, -0.2) is 91.5 Å². The average molecular weight is 600 g/mol. The van der Waals surface area contributed by atoms with E-state index in [0.29, 0.717) is 0 Å². The highest BCUT2D eigenvalue weighted by Crippen LogP contribution is 2.37. The number of halogens is 2. The molecule has 0 radical (unpaired) electrons. The molecular formula is C30H64Cl2N2O3Si. The molecule has 3 fully saturated rings. The van der Waals surface area contributed by atoms with E-state index >= 15 is 0 Å². The number of nitrogens with zero attached hydrogens (tertiary/aromatic N) is 2. The van der Waals surface area contributed by atoms with Gasteiger partial charge in [-0.1, -0.05) is 96.8 Å². The van der Waals surface area contributed by atoms with Gasteiger partial charge in [-0.2, -0.15) is 0 Å². The third kappa shape index (κ3) is 14.0. The summed E-state index contributed by atoms with van der Waals surface area (Å²) in [7, 11) is 9.01. The van der Waals surface area contributed by atoms with Crippen molar-refractivity contribution >= 4 is 8.80 Å². The zero-order chi connectivity index (χ0) is 26.4. The summed E-state index contributed by atoms with van der Waals surface area (Å²) in [6.07, 6.45) is 24.1. The van der Waals surface area contributed by atoms with Crippen molar-refractivity contribution in [3.8, 4) is 0 Å². The lowest BCUT2D eigenvalue weighted by Crippen LogP contribution is -3.00. The largest absolute Gasteiger partial charge is 1.00 e. The summed E-state index contributed by atoms with van der Waals surface area (Å²) in [6, 6.07) is 0.973. The molecule has 5 nitrogen and oxygen atoms in total.